The monoisotopic (exact) mass is 346 g/mol. The first-order valence-electron chi connectivity index (χ1n) is 7.00. The van der Waals surface area contributed by atoms with Crippen molar-refractivity contribution < 1.29 is 14.7 Å². The van der Waals surface area contributed by atoms with Crippen LogP contribution in [0.15, 0.2) is 18.2 Å². The van der Waals surface area contributed by atoms with Gasteiger partial charge in [0.15, 0.2) is 6.10 Å². The summed E-state index contributed by atoms with van der Waals surface area (Å²) >= 11 is 11.7. The predicted octanol–water partition coefficient (Wildman–Crippen LogP) is 2.31. The van der Waals surface area contributed by atoms with Crippen LogP contribution in [0.5, 0.6) is 0 Å². The Morgan fingerprint density at radius 1 is 1.05 bits per heavy atom. The van der Waals surface area contributed by atoms with Gasteiger partial charge in [-0.3, -0.25) is 9.59 Å². The third-order valence-corrected chi connectivity index (χ3v) is 3.36. The molecule has 22 heavy (non-hydrogen) atoms. The van der Waals surface area contributed by atoms with E-state index in [1.54, 1.807) is 0 Å². The number of nitrogens with one attached hydrogen (secondary N) is 2. The molecule has 1 unspecified atom stereocenters. The number of aliphatic hydroxyl groups is 1. The van der Waals surface area contributed by atoms with Gasteiger partial charge in [-0.05, 0) is 30.2 Å². The highest BCUT2D eigenvalue weighted by molar-refractivity contribution is 6.34. The average molecular weight is 347 g/mol. The Morgan fingerprint density at radius 3 is 2.05 bits per heavy atom. The molecule has 1 aromatic carbocycles. The number of hydrogen-bond acceptors (Lipinski definition) is 3. The van der Waals surface area contributed by atoms with Crippen molar-refractivity contribution in [2.45, 2.75) is 26.4 Å². The molecule has 0 heterocycles. The van der Waals surface area contributed by atoms with Crippen molar-refractivity contribution in [3.8, 4) is 0 Å². The smallest absolute Gasteiger partial charge is 0.253 e. The lowest BCUT2D eigenvalue weighted by Gasteiger charge is -2.13. The van der Waals surface area contributed by atoms with E-state index in [1.165, 1.54) is 18.2 Å². The summed E-state index contributed by atoms with van der Waals surface area (Å²) in [5.74, 6) is -0.627. The van der Waals surface area contributed by atoms with Crippen molar-refractivity contribution in [2.75, 3.05) is 13.1 Å². The Kier molecular flexibility index (Phi) is 7.65. The molecule has 0 aliphatic carbocycles. The molecule has 0 aromatic heterocycles. The molecule has 0 aliphatic rings. The van der Waals surface area contributed by atoms with Gasteiger partial charge in [-0.25, -0.2) is 0 Å². The molecule has 2 amide bonds. The highest BCUT2D eigenvalue weighted by atomic mass is 35.5. The molecule has 0 radical (unpaired) electrons. The molecule has 7 heteroatoms. The van der Waals surface area contributed by atoms with E-state index in [0.717, 1.165) is 0 Å². The second-order valence-corrected chi connectivity index (χ2v) is 6.07. The van der Waals surface area contributed by atoms with Gasteiger partial charge in [0.25, 0.3) is 5.91 Å². The molecule has 1 atom stereocenters. The SMILES string of the molecule is CC(C)C(=O)NCCCNC(=O)C(O)c1cc(Cl)cc(Cl)c1. The number of carbonyl (C=O) groups excluding carboxylic acids is 2. The fourth-order valence-electron chi connectivity index (χ4n) is 1.70. The lowest BCUT2D eigenvalue weighted by atomic mass is 10.1. The summed E-state index contributed by atoms with van der Waals surface area (Å²) in [6, 6.07) is 4.50. The molecule has 1 aromatic rings. The second-order valence-electron chi connectivity index (χ2n) is 5.20. The van der Waals surface area contributed by atoms with Crippen molar-refractivity contribution in [3.05, 3.63) is 33.8 Å². The number of hydrogen-bond donors (Lipinski definition) is 3. The summed E-state index contributed by atoms with van der Waals surface area (Å²) < 4.78 is 0. The maximum Gasteiger partial charge on any atom is 0.253 e. The summed E-state index contributed by atoms with van der Waals surface area (Å²) in [6.45, 7) is 4.44. The normalized spacial score (nSPS) is 12.1. The number of carbonyl (C=O) groups is 2. The van der Waals surface area contributed by atoms with Gasteiger partial charge in [-0.1, -0.05) is 37.0 Å². The molecule has 0 aliphatic heterocycles. The molecule has 0 saturated carbocycles. The van der Waals surface area contributed by atoms with Crippen LogP contribution in [-0.4, -0.2) is 30.0 Å². The molecule has 1 rings (SSSR count). The number of amides is 2. The van der Waals surface area contributed by atoms with E-state index in [-0.39, 0.29) is 11.8 Å². The van der Waals surface area contributed by atoms with E-state index in [4.69, 9.17) is 23.2 Å². The Hall–Kier alpha value is -1.30. The molecule has 0 bridgehead atoms. The molecular weight excluding hydrogens is 327 g/mol. The maximum atomic E-state index is 11.8. The van der Waals surface area contributed by atoms with Gasteiger partial charge >= 0.3 is 0 Å². The average Bonchev–Trinajstić information content (AvgIpc) is 2.44. The molecular formula is C15H20Cl2N2O3. The highest BCUT2D eigenvalue weighted by Crippen LogP contribution is 2.23. The van der Waals surface area contributed by atoms with E-state index >= 15 is 0 Å². The Morgan fingerprint density at radius 2 is 1.55 bits per heavy atom. The van der Waals surface area contributed by atoms with E-state index in [2.05, 4.69) is 10.6 Å². The largest absolute Gasteiger partial charge is 0.378 e. The predicted molar refractivity (Wildman–Crippen MR) is 86.9 cm³/mol. The lowest BCUT2D eigenvalue weighted by Crippen LogP contribution is -2.33. The zero-order valence-corrected chi connectivity index (χ0v) is 14.0. The zero-order valence-electron chi connectivity index (χ0n) is 12.5. The van der Waals surface area contributed by atoms with E-state index in [0.29, 0.717) is 35.1 Å². The van der Waals surface area contributed by atoms with Crippen LogP contribution in [-0.2, 0) is 9.59 Å². The first-order valence-corrected chi connectivity index (χ1v) is 7.76. The Labute approximate surface area is 140 Å². The van der Waals surface area contributed by atoms with Crippen LogP contribution < -0.4 is 10.6 Å². The Bertz CT molecular complexity index is 515. The summed E-state index contributed by atoms with van der Waals surface area (Å²) in [4.78, 5) is 23.2. The van der Waals surface area contributed by atoms with E-state index in [9.17, 15) is 14.7 Å². The van der Waals surface area contributed by atoms with Gasteiger partial charge in [0.1, 0.15) is 0 Å². The zero-order chi connectivity index (χ0) is 16.7. The third-order valence-electron chi connectivity index (χ3n) is 2.93. The van der Waals surface area contributed by atoms with Crippen LogP contribution in [0, 0.1) is 5.92 Å². The number of benzene rings is 1. The number of halogens is 2. The molecule has 5 nitrogen and oxygen atoms in total. The molecule has 0 fully saturated rings. The van der Waals surface area contributed by atoms with Crippen molar-refractivity contribution in [1.29, 1.82) is 0 Å². The topological polar surface area (TPSA) is 78.4 Å². The number of rotatable bonds is 7. The first-order chi connectivity index (χ1) is 10.3. The van der Waals surface area contributed by atoms with Crippen LogP contribution in [0.4, 0.5) is 0 Å². The van der Waals surface area contributed by atoms with Crippen LogP contribution in [0.3, 0.4) is 0 Å². The summed E-state index contributed by atoms with van der Waals surface area (Å²) in [5.41, 5.74) is 0.336. The van der Waals surface area contributed by atoms with Crippen LogP contribution in [0.2, 0.25) is 10.0 Å². The summed E-state index contributed by atoms with van der Waals surface area (Å²) in [5, 5.41) is 16.0. The van der Waals surface area contributed by atoms with Gasteiger partial charge in [0, 0.05) is 29.1 Å². The van der Waals surface area contributed by atoms with Gasteiger partial charge in [0.2, 0.25) is 5.91 Å². The van der Waals surface area contributed by atoms with E-state index in [1.807, 2.05) is 13.8 Å². The Balaban J connectivity index is 2.37. The molecule has 0 spiro atoms. The van der Waals surface area contributed by atoms with Crippen LogP contribution in [0.1, 0.15) is 31.9 Å². The van der Waals surface area contributed by atoms with Gasteiger partial charge in [-0.2, -0.15) is 0 Å². The quantitative estimate of drug-likeness (QED) is 0.663. The molecule has 122 valence electrons. The molecule has 0 saturated heterocycles. The third kappa shape index (κ3) is 6.22. The van der Waals surface area contributed by atoms with Crippen LogP contribution in [0.25, 0.3) is 0 Å². The first kappa shape index (κ1) is 18.7. The summed E-state index contributed by atoms with van der Waals surface area (Å²) in [6.07, 6.45) is -0.755. The van der Waals surface area contributed by atoms with Gasteiger partial charge in [-0.15, -0.1) is 0 Å². The van der Waals surface area contributed by atoms with Crippen molar-refractivity contribution >= 4 is 35.0 Å². The minimum absolute atomic E-state index is 0.0278. The van der Waals surface area contributed by atoms with Crippen molar-refractivity contribution in [2.24, 2.45) is 5.92 Å². The van der Waals surface area contributed by atoms with Crippen molar-refractivity contribution in [1.82, 2.24) is 10.6 Å². The van der Waals surface area contributed by atoms with E-state index < -0.39 is 12.0 Å². The fourth-order valence-corrected chi connectivity index (χ4v) is 2.24. The second kappa shape index (κ2) is 8.98. The standard InChI is InChI=1S/C15H20Cl2N2O3/c1-9(2)14(21)18-4-3-5-19-15(22)13(20)10-6-11(16)8-12(17)7-10/h6-9,13,20H,3-5H2,1-2H3,(H,18,21)(H,19,22). The lowest BCUT2D eigenvalue weighted by molar-refractivity contribution is -0.129. The minimum Gasteiger partial charge on any atom is -0.378 e. The maximum absolute atomic E-state index is 11.8. The minimum atomic E-state index is -1.33. The summed E-state index contributed by atoms with van der Waals surface area (Å²) in [7, 11) is 0. The highest BCUT2D eigenvalue weighted by Gasteiger charge is 2.17. The molecule has 3 N–H and O–H groups in total. The van der Waals surface area contributed by atoms with Gasteiger partial charge in [0.05, 0.1) is 0 Å². The van der Waals surface area contributed by atoms with Crippen molar-refractivity contribution in [3.63, 3.8) is 0 Å². The van der Waals surface area contributed by atoms with Gasteiger partial charge < -0.3 is 15.7 Å². The van der Waals surface area contributed by atoms with Crippen LogP contribution >= 0.6 is 23.2 Å². The number of aliphatic hydroxyl groups excluding tert-OH is 1. The fraction of sp³-hybridized carbons (Fsp3) is 0.467.